The lowest BCUT2D eigenvalue weighted by Crippen LogP contribution is -2.42. The summed E-state index contributed by atoms with van der Waals surface area (Å²) in [4.78, 5) is 13.9. The number of carboxylic acids is 1. The van der Waals surface area contributed by atoms with E-state index in [0.717, 1.165) is 15.4 Å². The van der Waals surface area contributed by atoms with Crippen LogP contribution in [-0.4, -0.2) is 39.6 Å². The minimum Gasteiger partial charge on any atom is -0.480 e. The first-order valence-electron chi connectivity index (χ1n) is 8.86. The van der Waals surface area contributed by atoms with E-state index in [1.807, 2.05) is 37.2 Å². The zero-order valence-electron chi connectivity index (χ0n) is 15.5. The third kappa shape index (κ3) is 2.70. The molecule has 0 amide bonds. The van der Waals surface area contributed by atoms with E-state index in [1.54, 1.807) is 36.4 Å². The van der Waals surface area contributed by atoms with Gasteiger partial charge >= 0.3 is 5.97 Å². The predicted octanol–water partition coefficient (Wildman–Crippen LogP) is 3.11. The van der Waals surface area contributed by atoms with E-state index >= 15 is 0 Å². The molecular weight excluding hydrogens is 376 g/mol. The van der Waals surface area contributed by atoms with Crippen LogP contribution < -0.4 is 9.21 Å². The maximum absolute atomic E-state index is 13.7. The summed E-state index contributed by atoms with van der Waals surface area (Å²) in [5.74, 6) is -1.16. The highest BCUT2D eigenvalue weighted by Gasteiger charge is 2.42. The van der Waals surface area contributed by atoms with Gasteiger partial charge in [-0.05, 0) is 23.8 Å². The van der Waals surface area contributed by atoms with Gasteiger partial charge in [-0.25, -0.2) is 13.2 Å². The molecule has 0 aliphatic carbocycles. The number of aliphatic carboxylic acids is 1. The monoisotopic (exact) mass is 396 g/mol. The molecule has 1 heterocycles. The van der Waals surface area contributed by atoms with Crippen LogP contribution >= 0.6 is 0 Å². The summed E-state index contributed by atoms with van der Waals surface area (Å²) in [7, 11) is -0.289. The Hall–Kier alpha value is -3.06. The van der Waals surface area contributed by atoms with Crippen molar-refractivity contribution in [1.29, 1.82) is 0 Å². The normalized spacial score (nSPS) is 16.2. The quantitative estimate of drug-likeness (QED) is 0.733. The van der Waals surface area contributed by atoms with E-state index in [4.69, 9.17) is 0 Å². The van der Waals surface area contributed by atoms with Gasteiger partial charge in [-0.3, -0.25) is 4.31 Å². The molecule has 0 fully saturated rings. The van der Waals surface area contributed by atoms with Gasteiger partial charge < -0.3 is 10.0 Å². The van der Waals surface area contributed by atoms with Crippen LogP contribution in [0.3, 0.4) is 0 Å². The van der Waals surface area contributed by atoms with Gasteiger partial charge in [0.05, 0.1) is 10.6 Å². The van der Waals surface area contributed by atoms with Crippen LogP contribution in [0.15, 0.2) is 65.6 Å². The Kier molecular flexibility index (Phi) is 4.27. The largest absolute Gasteiger partial charge is 0.480 e. The molecule has 3 aromatic rings. The van der Waals surface area contributed by atoms with Gasteiger partial charge in [0.2, 0.25) is 0 Å². The number of para-hydroxylation sites is 1. The molecule has 1 aliphatic heterocycles. The number of hydrogen-bond donors (Lipinski definition) is 1. The summed E-state index contributed by atoms with van der Waals surface area (Å²) in [6.45, 7) is 0. The van der Waals surface area contributed by atoms with Gasteiger partial charge in [0.15, 0.2) is 0 Å². The van der Waals surface area contributed by atoms with Gasteiger partial charge in [0, 0.05) is 37.0 Å². The van der Waals surface area contributed by atoms with Crippen LogP contribution in [-0.2, 0) is 21.2 Å². The van der Waals surface area contributed by atoms with Crippen molar-refractivity contribution in [2.24, 2.45) is 0 Å². The Bertz CT molecular complexity index is 1190. The number of anilines is 2. The SMILES string of the molecule is CN(C)c1cccc2c(S(=O)(=O)N3c4ccccc4CC3C(=O)O)cccc12. The topological polar surface area (TPSA) is 77.9 Å². The number of rotatable bonds is 4. The highest BCUT2D eigenvalue weighted by Crippen LogP contribution is 2.39. The van der Waals surface area contributed by atoms with Crippen molar-refractivity contribution in [3.63, 3.8) is 0 Å². The molecule has 0 saturated carbocycles. The fourth-order valence-electron chi connectivity index (χ4n) is 3.83. The number of carbonyl (C=O) groups is 1. The first kappa shape index (κ1) is 18.3. The van der Waals surface area contributed by atoms with Crippen LogP contribution in [0.5, 0.6) is 0 Å². The van der Waals surface area contributed by atoms with Gasteiger partial charge in [0.25, 0.3) is 10.0 Å². The Morgan fingerprint density at radius 1 is 1.00 bits per heavy atom. The Labute approximate surface area is 163 Å². The maximum Gasteiger partial charge on any atom is 0.327 e. The van der Waals surface area contributed by atoms with E-state index in [1.165, 1.54) is 6.07 Å². The van der Waals surface area contributed by atoms with E-state index in [0.29, 0.717) is 16.6 Å². The summed E-state index contributed by atoms with van der Waals surface area (Å²) in [6.07, 6.45) is 0.151. The molecule has 28 heavy (non-hydrogen) atoms. The van der Waals surface area contributed by atoms with Gasteiger partial charge in [0.1, 0.15) is 6.04 Å². The lowest BCUT2D eigenvalue weighted by molar-refractivity contribution is -0.138. The summed E-state index contributed by atoms with van der Waals surface area (Å²) in [5, 5.41) is 11.1. The zero-order chi connectivity index (χ0) is 20.1. The van der Waals surface area contributed by atoms with Gasteiger partial charge in [-0.15, -0.1) is 0 Å². The number of carboxylic acid groups (broad SMARTS) is 1. The van der Waals surface area contributed by atoms with Crippen molar-refractivity contribution in [3.8, 4) is 0 Å². The predicted molar refractivity (Wildman–Crippen MR) is 110 cm³/mol. The molecule has 1 N–H and O–H groups in total. The minimum absolute atomic E-state index is 0.108. The highest BCUT2D eigenvalue weighted by atomic mass is 32.2. The van der Waals surface area contributed by atoms with E-state index in [9.17, 15) is 18.3 Å². The van der Waals surface area contributed by atoms with Gasteiger partial charge in [-0.2, -0.15) is 0 Å². The van der Waals surface area contributed by atoms with Crippen molar-refractivity contribution in [3.05, 3.63) is 66.2 Å². The highest BCUT2D eigenvalue weighted by molar-refractivity contribution is 7.93. The molecule has 4 rings (SSSR count). The zero-order valence-corrected chi connectivity index (χ0v) is 16.3. The molecule has 144 valence electrons. The van der Waals surface area contributed by atoms with E-state index in [-0.39, 0.29) is 11.3 Å². The van der Waals surface area contributed by atoms with Crippen molar-refractivity contribution < 1.29 is 18.3 Å². The van der Waals surface area contributed by atoms with Crippen LogP contribution in [0.2, 0.25) is 0 Å². The number of benzene rings is 3. The average molecular weight is 396 g/mol. The molecule has 6 nitrogen and oxygen atoms in total. The first-order chi connectivity index (χ1) is 13.3. The molecule has 3 aromatic carbocycles. The summed E-state index contributed by atoms with van der Waals surface area (Å²) < 4.78 is 28.4. The number of fused-ring (bicyclic) bond motifs is 2. The lowest BCUT2D eigenvalue weighted by atomic mass is 10.1. The second kappa shape index (κ2) is 6.53. The second-order valence-corrected chi connectivity index (χ2v) is 8.79. The molecule has 0 radical (unpaired) electrons. The molecule has 7 heteroatoms. The maximum atomic E-state index is 13.7. The fraction of sp³-hybridized carbons (Fsp3) is 0.190. The lowest BCUT2D eigenvalue weighted by Gasteiger charge is -2.25. The molecule has 0 bridgehead atoms. The van der Waals surface area contributed by atoms with Crippen LogP contribution in [0.25, 0.3) is 10.8 Å². The van der Waals surface area contributed by atoms with E-state index in [2.05, 4.69) is 0 Å². The van der Waals surface area contributed by atoms with Crippen LogP contribution in [0.4, 0.5) is 11.4 Å². The third-order valence-corrected chi connectivity index (χ3v) is 6.97. The smallest absolute Gasteiger partial charge is 0.327 e. The van der Waals surface area contributed by atoms with Crippen molar-refractivity contribution >= 4 is 38.1 Å². The van der Waals surface area contributed by atoms with Crippen LogP contribution in [0, 0.1) is 0 Å². The third-order valence-electron chi connectivity index (χ3n) is 5.09. The second-order valence-electron chi connectivity index (χ2n) is 7.01. The number of hydrogen-bond acceptors (Lipinski definition) is 4. The van der Waals surface area contributed by atoms with E-state index < -0.39 is 22.0 Å². The van der Waals surface area contributed by atoms with Crippen LogP contribution in [0.1, 0.15) is 5.56 Å². The molecule has 1 atom stereocenters. The minimum atomic E-state index is -4.08. The Morgan fingerprint density at radius 2 is 1.68 bits per heavy atom. The van der Waals surface area contributed by atoms with Gasteiger partial charge in [-0.1, -0.05) is 42.5 Å². The molecule has 0 spiro atoms. The molecule has 1 aliphatic rings. The molecule has 1 unspecified atom stereocenters. The molecule has 0 aromatic heterocycles. The summed E-state index contributed by atoms with van der Waals surface area (Å²) >= 11 is 0. The summed E-state index contributed by atoms with van der Waals surface area (Å²) in [5.41, 5.74) is 2.04. The fourth-order valence-corrected chi connectivity index (χ4v) is 5.68. The molecule has 0 saturated heterocycles. The van der Waals surface area contributed by atoms with Crippen molar-refractivity contribution in [2.45, 2.75) is 17.4 Å². The van der Waals surface area contributed by atoms with Crippen molar-refractivity contribution in [1.82, 2.24) is 0 Å². The first-order valence-corrected chi connectivity index (χ1v) is 10.3. The Morgan fingerprint density at radius 3 is 2.39 bits per heavy atom. The van der Waals surface area contributed by atoms with Crippen molar-refractivity contribution in [2.75, 3.05) is 23.3 Å². The standard InChI is InChI=1S/C21H20N2O4S/c1-22(2)18-11-5-9-16-15(18)8-6-12-20(16)28(26,27)23-17-10-4-3-7-14(17)13-19(23)21(24)25/h3-12,19H,13H2,1-2H3,(H,24,25). The Balaban J connectivity index is 1.96. The number of sulfonamides is 1. The average Bonchev–Trinajstić information content (AvgIpc) is 3.07. The number of nitrogens with zero attached hydrogens (tertiary/aromatic N) is 2. The molecular formula is C21H20N2O4S. The summed E-state index contributed by atoms with van der Waals surface area (Å²) in [6, 6.07) is 16.4.